The average molecular weight is 386 g/mol. The number of nitrogens with zero attached hydrogens (tertiary/aromatic N) is 1. The summed E-state index contributed by atoms with van der Waals surface area (Å²) < 4.78 is 29.3. The molecule has 0 atom stereocenters. The Morgan fingerprint density at radius 1 is 1.04 bits per heavy atom. The third kappa shape index (κ3) is 5.16. The number of rotatable bonds is 6. The molecule has 7 heteroatoms. The van der Waals surface area contributed by atoms with Gasteiger partial charge in [-0.1, -0.05) is 18.2 Å². The van der Waals surface area contributed by atoms with Crippen molar-refractivity contribution in [1.82, 2.24) is 4.90 Å². The zero-order chi connectivity index (χ0) is 19.9. The molecule has 2 aromatic rings. The first-order valence-electron chi connectivity index (χ1n) is 8.95. The van der Waals surface area contributed by atoms with Crippen LogP contribution in [0.1, 0.15) is 28.8 Å². The van der Waals surface area contributed by atoms with Gasteiger partial charge >= 0.3 is 6.61 Å². The lowest BCUT2D eigenvalue weighted by Gasteiger charge is -2.15. The minimum absolute atomic E-state index is 0.00803. The second kappa shape index (κ2) is 9.12. The normalized spacial score (nSPS) is 13.9. The number of amides is 2. The maximum absolute atomic E-state index is 12.4. The molecule has 3 rings (SSSR count). The summed E-state index contributed by atoms with van der Waals surface area (Å²) in [6.07, 6.45) is 4.69. The summed E-state index contributed by atoms with van der Waals surface area (Å²) in [6.45, 7) is -1.39. The van der Waals surface area contributed by atoms with Crippen molar-refractivity contribution in [3.05, 3.63) is 65.7 Å². The number of likely N-dealkylation sites (tertiary alicyclic amines) is 1. The number of carbonyl (C=O) groups is 2. The molecule has 0 radical (unpaired) electrons. The van der Waals surface area contributed by atoms with E-state index in [1.54, 1.807) is 42.5 Å². The van der Waals surface area contributed by atoms with Crippen LogP contribution in [0.2, 0.25) is 0 Å². The zero-order valence-electron chi connectivity index (χ0n) is 15.1. The molecule has 0 unspecified atom stereocenters. The van der Waals surface area contributed by atoms with Crippen LogP contribution in [-0.4, -0.2) is 36.4 Å². The highest BCUT2D eigenvalue weighted by atomic mass is 19.3. The van der Waals surface area contributed by atoms with E-state index in [4.69, 9.17) is 0 Å². The van der Waals surface area contributed by atoms with E-state index in [2.05, 4.69) is 10.1 Å². The fourth-order valence-electron chi connectivity index (χ4n) is 2.97. The molecule has 0 aliphatic carbocycles. The van der Waals surface area contributed by atoms with Gasteiger partial charge in [0.15, 0.2) is 0 Å². The van der Waals surface area contributed by atoms with E-state index in [1.165, 1.54) is 18.2 Å². The maximum Gasteiger partial charge on any atom is 0.387 e. The molecule has 1 saturated heterocycles. The second-order valence-corrected chi connectivity index (χ2v) is 6.32. The van der Waals surface area contributed by atoms with Crippen molar-refractivity contribution in [3.8, 4) is 5.75 Å². The molecule has 2 amide bonds. The molecule has 28 heavy (non-hydrogen) atoms. The van der Waals surface area contributed by atoms with Crippen LogP contribution in [0.25, 0.3) is 6.08 Å². The maximum atomic E-state index is 12.4. The summed E-state index contributed by atoms with van der Waals surface area (Å²) in [5, 5.41) is 2.67. The molecule has 0 bridgehead atoms. The predicted octanol–water partition coefficient (Wildman–Crippen LogP) is 4.18. The molecule has 1 aliphatic heterocycles. The summed E-state index contributed by atoms with van der Waals surface area (Å²) in [7, 11) is 0. The van der Waals surface area contributed by atoms with Crippen molar-refractivity contribution in [2.24, 2.45) is 0 Å². The largest absolute Gasteiger partial charge is 0.434 e. The van der Waals surface area contributed by atoms with Crippen molar-refractivity contribution < 1.29 is 23.1 Å². The van der Waals surface area contributed by atoms with Crippen molar-refractivity contribution in [1.29, 1.82) is 0 Å². The van der Waals surface area contributed by atoms with Crippen molar-refractivity contribution >= 4 is 23.6 Å². The lowest BCUT2D eigenvalue weighted by atomic mass is 10.1. The van der Waals surface area contributed by atoms with E-state index in [-0.39, 0.29) is 11.7 Å². The van der Waals surface area contributed by atoms with Gasteiger partial charge in [0.1, 0.15) is 5.75 Å². The van der Waals surface area contributed by atoms with Gasteiger partial charge in [0.25, 0.3) is 5.91 Å². The van der Waals surface area contributed by atoms with Gasteiger partial charge in [-0.15, -0.1) is 0 Å². The Hall–Kier alpha value is -3.22. The molecule has 5 nitrogen and oxygen atoms in total. The number of hydrogen-bond donors (Lipinski definition) is 1. The van der Waals surface area contributed by atoms with Crippen LogP contribution in [-0.2, 0) is 4.79 Å². The molecule has 2 aromatic carbocycles. The summed E-state index contributed by atoms with van der Waals surface area (Å²) in [5.74, 6) is -0.442. The quantitative estimate of drug-likeness (QED) is 0.758. The monoisotopic (exact) mass is 386 g/mol. The Morgan fingerprint density at radius 3 is 2.39 bits per heavy atom. The average Bonchev–Trinajstić information content (AvgIpc) is 3.22. The molecule has 1 N–H and O–H groups in total. The topological polar surface area (TPSA) is 58.6 Å². The van der Waals surface area contributed by atoms with E-state index in [1.807, 2.05) is 4.90 Å². The van der Waals surface area contributed by atoms with Gasteiger partial charge in [0, 0.05) is 36.0 Å². The molecule has 0 spiro atoms. The summed E-state index contributed by atoms with van der Waals surface area (Å²) >= 11 is 0. The summed E-state index contributed by atoms with van der Waals surface area (Å²) in [5.41, 5.74) is 1.47. The lowest BCUT2D eigenvalue weighted by Crippen LogP contribution is -2.27. The van der Waals surface area contributed by atoms with Crippen LogP contribution >= 0.6 is 0 Å². The molecule has 0 aromatic heterocycles. The fraction of sp³-hybridized carbons (Fsp3) is 0.238. The third-order valence-corrected chi connectivity index (χ3v) is 4.34. The molecule has 1 heterocycles. The first kappa shape index (κ1) is 19.5. The molecule has 0 saturated carbocycles. The second-order valence-electron chi connectivity index (χ2n) is 6.32. The highest BCUT2D eigenvalue weighted by Gasteiger charge is 2.19. The van der Waals surface area contributed by atoms with Crippen molar-refractivity contribution in [3.63, 3.8) is 0 Å². The predicted molar refractivity (Wildman–Crippen MR) is 102 cm³/mol. The first-order valence-corrected chi connectivity index (χ1v) is 8.95. The third-order valence-electron chi connectivity index (χ3n) is 4.34. The molecule has 1 fully saturated rings. The van der Waals surface area contributed by atoms with Crippen molar-refractivity contribution in [2.45, 2.75) is 19.5 Å². The molecule has 1 aliphatic rings. The minimum atomic E-state index is -2.94. The zero-order valence-corrected chi connectivity index (χ0v) is 15.1. The number of halogens is 2. The number of alkyl halides is 2. The minimum Gasteiger partial charge on any atom is -0.434 e. The number of para-hydroxylation sites is 1. The van der Waals surface area contributed by atoms with E-state index >= 15 is 0 Å². The highest BCUT2D eigenvalue weighted by molar-refractivity contribution is 6.02. The van der Waals surface area contributed by atoms with Gasteiger partial charge in [-0.3, -0.25) is 9.59 Å². The van der Waals surface area contributed by atoms with E-state index in [9.17, 15) is 18.4 Å². The summed E-state index contributed by atoms with van der Waals surface area (Å²) in [6, 6.07) is 12.9. The number of benzene rings is 2. The Morgan fingerprint density at radius 2 is 1.71 bits per heavy atom. The van der Waals surface area contributed by atoms with Crippen LogP contribution in [0.5, 0.6) is 5.75 Å². The number of hydrogen-bond acceptors (Lipinski definition) is 3. The number of ether oxygens (including phenoxy) is 1. The Kier molecular flexibility index (Phi) is 6.37. The van der Waals surface area contributed by atoms with E-state index in [0.29, 0.717) is 16.8 Å². The Bertz CT molecular complexity index is 860. The van der Waals surface area contributed by atoms with E-state index in [0.717, 1.165) is 25.9 Å². The van der Waals surface area contributed by atoms with Crippen molar-refractivity contribution in [2.75, 3.05) is 18.4 Å². The van der Waals surface area contributed by atoms with Crippen LogP contribution in [0.3, 0.4) is 0 Å². The van der Waals surface area contributed by atoms with Gasteiger partial charge in [0.05, 0.1) is 0 Å². The standard InChI is InChI=1S/C21H20F2N2O3/c22-21(23)28-18-6-2-1-5-15(18)9-12-19(26)24-17-10-7-16(8-11-17)20(27)25-13-3-4-14-25/h1-2,5-12,21H,3-4,13-14H2,(H,24,26)/b12-9+. The van der Waals surface area contributed by atoms with Gasteiger partial charge in [0.2, 0.25) is 5.91 Å². The van der Waals surface area contributed by atoms with Crippen LogP contribution in [0, 0.1) is 0 Å². The van der Waals surface area contributed by atoms with Crippen LogP contribution < -0.4 is 10.1 Å². The number of carbonyl (C=O) groups excluding carboxylic acids is 2. The summed E-state index contributed by atoms with van der Waals surface area (Å²) in [4.78, 5) is 26.2. The first-order chi connectivity index (χ1) is 13.5. The molecule has 146 valence electrons. The Balaban J connectivity index is 1.60. The smallest absolute Gasteiger partial charge is 0.387 e. The highest BCUT2D eigenvalue weighted by Crippen LogP contribution is 2.21. The number of anilines is 1. The van der Waals surface area contributed by atoms with Crippen LogP contribution in [0.4, 0.5) is 14.5 Å². The number of nitrogens with one attached hydrogen (secondary N) is 1. The molecular weight excluding hydrogens is 366 g/mol. The van der Waals surface area contributed by atoms with Gasteiger partial charge in [-0.2, -0.15) is 8.78 Å². The van der Waals surface area contributed by atoms with Gasteiger partial charge in [-0.25, -0.2) is 0 Å². The van der Waals surface area contributed by atoms with Crippen LogP contribution in [0.15, 0.2) is 54.6 Å². The molecular formula is C21H20F2N2O3. The van der Waals surface area contributed by atoms with Gasteiger partial charge < -0.3 is 15.0 Å². The lowest BCUT2D eigenvalue weighted by molar-refractivity contribution is -0.111. The van der Waals surface area contributed by atoms with Gasteiger partial charge in [-0.05, 0) is 49.2 Å². The SMILES string of the molecule is O=C(/C=C/c1ccccc1OC(F)F)Nc1ccc(C(=O)N2CCCC2)cc1. The fourth-order valence-corrected chi connectivity index (χ4v) is 2.97. The van der Waals surface area contributed by atoms with E-state index < -0.39 is 12.5 Å². The Labute approximate surface area is 161 Å².